The van der Waals surface area contributed by atoms with Crippen LogP contribution in [0.1, 0.15) is 61.6 Å². The Hall–Kier alpha value is -4.29. The van der Waals surface area contributed by atoms with Crippen LogP contribution in [0, 0.1) is 11.8 Å². The summed E-state index contributed by atoms with van der Waals surface area (Å²) in [6.45, 7) is 6.01. The average molecular weight is 764 g/mol. The number of amides is 3. The van der Waals surface area contributed by atoms with Gasteiger partial charge < -0.3 is 48.7 Å². The summed E-state index contributed by atoms with van der Waals surface area (Å²) < 4.78 is 38.5. The lowest BCUT2D eigenvalue weighted by Gasteiger charge is -2.26. The van der Waals surface area contributed by atoms with Crippen LogP contribution in [0.3, 0.4) is 0 Å². The van der Waals surface area contributed by atoms with Crippen LogP contribution in [-0.2, 0) is 49.3 Å². The molecule has 0 spiro atoms. The summed E-state index contributed by atoms with van der Waals surface area (Å²) in [7, 11) is 0. The maximum atomic E-state index is 13.3. The first-order chi connectivity index (χ1) is 27.1. The van der Waals surface area contributed by atoms with Crippen LogP contribution >= 0.6 is 0 Å². The fourth-order valence-corrected chi connectivity index (χ4v) is 5.77. The van der Waals surface area contributed by atoms with Crippen LogP contribution in [0.2, 0.25) is 0 Å². The molecule has 4 rings (SSSR count). The number of nitrogens with zero attached hydrogens (tertiary/aromatic N) is 1. The number of nitrogens with one attached hydrogen (secondary N) is 2. The highest BCUT2D eigenvalue weighted by molar-refractivity contribution is 5.95. The van der Waals surface area contributed by atoms with E-state index in [2.05, 4.69) is 34.6 Å². The third kappa shape index (κ3) is 18.3. The van der Waals surface area contributed by atoms with Gasteiger partial charge in [-0.1, -0.05) is 54.3 Å². The van der Waals surface area contributed by atoms with Crippen LogP contribution in [0.4, 0.5) is 10.5 Å². The van der Waals surface area contributed by atoms with Crippen molar-refractivity contribution >= 4 is 23.6 Å². The largest absolute Gasteiger partial charge is 0.446 e. The molecule has 13 heteroatoms. The number of carbonyl (C=O) groups is 3. The molecule has 2 aromatic rings. The predicted molar refractivity (Wildman–Crippen MR) is 208 cm³/mol. The summed E-state index contributed by atoms with van der Waals surface area (Å²) in [4.78, 5) is 39.3. The van der Waals surface area contributed by atoms with Crippen molar-refractivity contribution < 1.29 is 47.5 Å². The van der Waals surface area contributed by atoms with Crippen LogP contribution in [-0.4, -0.2) is 116 Å². The van der Waals surface area contributed by atoms with Crippen LogP contribution in [0.25, 0.3) is 0 Å². The number of hydrogen-bond donors (Lipinski definition) is 2. The summed E-state index contributed by atoms with van der Waals surface area (Å²) in [5.41, 5.74) is 3.46. The fourth-order valence-electron chi connectivity index (χ4n) is 5.77. The van der Waals surface area contributed by atoms with Gasteiger partial charge in [-0.05, 0) is 55.9 Å². The fraction of sp³-hybridized carbons (Fsp3) is 0.548. The Labute approximate surface area is 325 Å². The van der Waals surface area contributed by atoms with E-state index in [1.54, 1.807) is 4.90 Å². The van der Waals surface area contributed by atoms with E-state index in [9.17, 15) is 14.4 Å². The molecule has 0 radical (unpaired) electrons. The molecule has 0 bridgehead atoms. The third-order valence-electron chi connectivity index (χ3n) is 8.68. The molecule has 0 aromatic heterocycles. The van der Waals surface area contributed by atoms with Gasteiger partial charge in [0.1, 0.15) is 6.10 Å². The standard InChI is InChI=1S/C42H57N3O10/c46-40(43-20-18-41(47)45-34-37-12-7-6-10-35(37)16-17-36-11-8-9-15-39(36)45)19-22-49-24-26-51-28-30-53-32-33-54-31-29-52-27-25-50-23-21-44-42(48)55-38-13-4-2-1-3-5-14-38/h1-2,6-12,15,38H,3-5,13-14,18-34H2,(H,43,46)(H,44,48)/b2-1-. The lowest BCUT2D eigenvalue weighted by Crippen LogP contribution is -2.35. The summed E-state index contributed by atoms with van der Waals surface area (Å²) in [6.07, 6.45) is 9.10. The first-order valence-corrected chi connectivity index (χ1v) is 19.4. The van der Waals surface area contributed by atoms with Gasteiger partial charge in [0.2, 0.25) is 11.8 Å². The Morgan fingerprint density at radius 3 is 1.91 bits per heavy atom. The van der Waals surface area contributed by atoms with Crippen molar-refractivity contribution in [2.24, 2.45) is 0 Å². The molecule has 300 valence electrons. The quantitative estimate of drug-likeness (QED) is 0.0841. The highest BCUT2D eigenvalue weighted by Crippen LogP contribution is 2.26. The zero-order valence-corrected chi connectivity index (χ0v) is 31.9. The topological polar surface area (TPSA) is 143 Å². The summed E-state index contributed by atoms with van der Waals surface area (Å²) in [5, 5.41) is 5.55. The Morgan fingerprint density at radius 2 is 1.20 bits per heavy atom. The minimum Gasteiger partial charge on any atom is -0.446 e. The summed E-state index contributed by atoms with van der Waals surface area (Å²) in [6, 6.07) is 15.5. The number of ether oxygens (including phenoxy) is 7. The van der Waals surface area contributed by atoms with E-state index in [-0.39, 0.29) is 50.0 Å². The maximum Gasteiger partial charge on any atom is 0.407 e. The van der Waals surface area contributed by atoms with Crippen molar-refractivity contribution in [2.45, 2.75) is 57.6 Å². The van der Waals surface area contributed by atoms with E-state index in [0.717, 1.165) is 54.5 Å². The summed E-state index contributed by atoms with van der Waals surface area (Å²) >= 11 is 0. The molecule has 1 aliphatic heterocycles. The molecule has 1 heterocycles. The highest BCUT2D eigenvalue weighted by atomic mass is 16.6. The maximum absolute atomic E-state index is 13.3. The molecule has 1 atom stereocenters. The molecule has 2 aliphatic rings. The smallest absolute Gasteiger partial charge is 0.407 e. The second kappa shape index (κ2) is 27.3. The highest BCUT2D eigenvalue weighted by Gasteiger charge is 2.21. The average Bonchev–Trinajstić information content (AvgIpc) is 3.17. The van der Waals surface area contributed by atoms with Gasteiger partial charge >= 0.3 is 6.09 Å². The van der Waals surface area contributed by atoms with Crippen molar-refractivity contribution in [2.75, 3.05) is 97.3 Å². The number of rotatable bonds is 25. The van der Waals surface area contributed by atoms with Gasteiger partial charge in [-0.2, -0.15) is 0 Å². The van der Waals surface area contributed by atoms with Crippen molar-refractivity contribution in [1.29, 1.82) is 0 Å². The van der Waals surface area contributed by atoms with Crippen LogP contribution in [0.15, 0.2) is 60.7 Å². The SMILES string of the molecule is O=C(CCOCCOCCOCCOCCOCCOCCNC(=O)OC1CC/C=C\CCC1)NCCC(=O)N1Cc2ccccc2C#Cc2ccccc21. The van der Waals surface area contributed by atoms with Crippen molar-refractivity contribution in [3.8, 4) is 11.8 Å². The molecule has 13 nitrogen and oxygen atoms in total. The Morgan fingerprint density at radius 1 is 0.618 bits per heavy atom. The van der Waals surface area contributed by atoms with E-state index in [1.165, 1.54) is 0 Å². The Bertz CT molecular complexity index is 1520. The van der Waals surface area contributed by atoms with Gasteiger partial charge in [-0.15, -0.1) is 0 Å². The number of benzene rings is 2. The molecule has 0 saturated heterocycles. The zero-order chi connectivity index (χ0) is 38.6. The monoisotopic (exact) mass is 763 g/mol. The van der Waals surface area contributed by atoms with Crippen molar-refractivity contribution in [3.63, 3.8) is 0 Å². The van der Waals surface area contributed by atoms with Gasteiger partial charge in [0, 0.05) is 37.1 Å². The van der Waals surface area contributed by atoms with Gasteiger partial charge in [-0.25, -0.2) is 4.79 Å². The summed E-state index contributed by atoms with van der Waals surface area (Å²) in [5.74, 6) is 6.16. The van der Waals surface area contributed by atoms with Crippen LogP contribution < -0.4 is 15.5 Å². The normalized spacial score (nSPS) is 15.5. The van der Waals surface area contributed by atoms with Crippen molar-refractivity contribution in [3.05, 3.63) is 77.4 Å². The van der Waals surface area contributed by atoms with Gasteiger partial charge in [0.25, 0.3) is 0 Å². The Kier molecular flexibility index (Phi) is 21.6. The lowest BCUT2D eigenvalue weighted by atomic mass is 10.0. The predicted octanol–water partition coefficient (Wildman–Crippen LogP) is 4.54. The third-order valence-corrected chi connectivity index (χ3v) is 8.68. The molecule has 2 aromatic carbocycles. The molecule has 55 heavy (non-hydrogen) atoms. The second-order valence-corrected chi connectivity index (χ2v) is 12.9. The van der Waals surface area contributed by atoms with E-state index >= 15 is 0 Å². The first kappa shape index (κ1) is 43.4. The van der Waals surface area contributed by atoms with E-state index < -0.39 is 0 Å². The molecule has 1 unspecified atom stereocenters. The number of anilines is 1. The van der Waals surface area contributed by atoms with Crippen LogP contribution in [0.5, 0.6) is 0 Å². The molecule has 3 amide bonds. The number of alkyl carbamates (subject to hydrolysis) is 1. The first-order valence-electron chi connectivity index (χ1n) is 19.4. The number of carbonyl (C=O) groups excluding carboxylic acids is 3. The minimum absolute atomic E-state index is 0.0186. The number of hydrogen-bond acceptors (Lipinski definition) is 10. The molecule has 0 fully saturated rings. The van der Waals surface area contributed by atoms with E-state index in [0.29, 0.717) is 85.8 Å². The van der Waals surface area contributed by atoms with Gasteiger partial charge in [0.05, 0.1) is 91.5 Å². The minimum atomic E-state index is -0.387. The molecule has 0 saturated carbocycles. The van der Waals surface area contributed by atoms with E-state index in [1.807, 2.05) is 48.5 Å². The van der Waals surface area contributed by atoms with E-state index in [4.69, 9.17) is 33.2 Å². The number of para-hydroxylation sites is 1. The molecule has 1 aliphatic carbocycles. The second-order valence-electron chi connectivity index (χ2n) is 12.9. The van der Waals surface area contributed by atoms with Crippen molar-refractivity contribution in [1.82, 2.24) is 10.6 Å². The number of allylic oxidation sites excluding steroid dienone is 2. The Balaban J connectivity index is 0.877. The molecule has 2 N–H and O–H groups in total. The lowest BCUT2D eigenvalue weighted by molar-refractivity contribution is -0.122. The zero-order valence-electron chi connectivity index (χ0n) is 31.9. The van der Waals surface area contributed by atoms with Gasteiger partial charge in [-0.3, -0.25) is 9.59 Å². The van der Waals surface area contributed by atoms with Gasteiger partial charge in [0.15, 0.2) is 0 Å². The molecular weight excluding hydrogens is 706 g/mol. The number of fused-ring (bicyclic) bond motifs is 2. The molecular formula is C42H57N3O10.